The smallest absolute Gasteiger partial charge is 0.242 e. The molecular formula is C22H27F2N3O4S. The maximum atomic E-state index is 14.1. The molecule has 7 nitrogen and oxygen atoms in total. The number of hydrogen-bond acceptors (Lipinski definition) is 4. The number of amides is 2. The lowest BCUT2D eigenvalue weighted by Gasteiger charge is -2.29. The van der Waals surface area contributed by atoms with Crippen molar-refractivity contribution in [2.75, 3.05) is 24.2 Å². The van der Waals surface area contributed by atoms with E-state index in [2.05, 4.69) is 5.32 Å². The second kappa shape index (κ2) is 11.0. The Labute approximate surface area is 187 Å². The maximum absolute atomic E-state index is 14.1. The minimum Gasteiger partial charge on any atom is -0.357 e. The van der Waals surface area contributed by atoms with Crippen LogP contribution < -0.4 is 9.62 Å². The molecule has 1 atom stereocenters. The molecule has 0 fully saturated rings. The van der Waals surface area contributed by atoms with Crippen LogP contribution in [-0.4, -0.2) is 51.0 Å². The molecule has 2 aromatic rings. The molecule has 1 N–H and O–H groups in total. The Bertz CT molecular complexity index is 1050. The van der Waals surface area contributed by atoms with Crippen molar-refractivity contribution in [3.05, 3.63) is 65.7 Å². The molecule has 0 saturated heterocycles. The molecule has 0 spiro atoms. The highest BCUT2D eigenvalue weighted by Crippen LogP contribution is 2.22. The highest BCUT2D eigenvalue weighted by atomic mass is 32.2. The molecule has 10 heteroatoms. The van der Waals surface area contributed by atoms with Crippen LogP contribution in [0.3, 0.4) is 0 Å². The number of carbonyl (C=O) groups excluding carboxylic acids is 2. The SMILES string of the molecule is CNC(=O)[C@@H](C)N(Cc1ccc(F)cc1)C(=O)CCCN(c1ccccc1F)S(C)(=O)=O. The van der Waals surface area contributed by atoms with Crippen molar-refractivity contribution in [3.63, 3.8) is 0 Å². The largest absolute Gasteiger partial charge is 0.357 e. The Morgan fingerprint density at radius 3 is 2.25 bits per heavy atom. The van der Waals surface area contributed by atoms with Crippen molar-refractivity contribution in [1.29, 1.82) is 0 Å². The van der Waals surface area contributed by atoms with Crippen molar-refractivity contribution in [1.82, 2.24) is 10.2 Å². The van der Waals surface area contributed by atoms with Gasteiger partial charge in [0.05, 0.1) is 11.9 Å². The summed E-state index contributed by atoms with van der Waals surface area (Å²) in [6, 6.07) is 10.3. The van der Waals surface area contributed by atoms with Gasteiger partial charge in [-0.2, -0.15) is 0 Å². The van der Waals surface area contributed by atoms with E-state index < -0.39 is 27.7 Å². The third-order valence-electron chi connectivity index (χ3n) is 4.95. The zero-order chi connectivity index (χ0) is 23.9. The number of sulfonamides is 1. The monoisotopic (exact) mass is 467 g/mol. The van der Waals surface area contributed by atoms with Crippen LogP contribution in [0.25, 0.3) is 0 Å². The average Bonchev–Trinajstić information content (AvgIpc) is 2.75. The molecule has 2 rings (SSSR count). The van der Waals surface area contributed by atoms with Crippen LogP contribution in [0, 0.1) is 11.6 Å². The third-order valence-corrected chi connectivity index (χ3v) is 6.13. The molecule has 32 heavy (non-hydrogen) atoms. The summed E-state index contributed by atoms with van der Waals surface area (Å²) in [7, 11) is -2.32. The molecule has 174 valence electrons. The van der Waals surface area contributed by atoms with E-state index in [0.29, 0.717) is 5.56 Å². The van der Waals surface area contributed by atoms with Crippen molar-refractivity contribution in [3.8, 4) is 0 Å². The Morgan fingerprint density at radius 1 is 1.06 bits per heavy atom. The van der Waals surface area contributed by atoms with E-state index in [9.17, 15) is 26.8 Å². The molecule has 0 aliphatic carbocycles. The van der Waals surface area contributed by atoms with Gasteiger partial charge in [-0.15, -0.1) is 0 Å². The van der Waals surface area contributed by atoms with Crippen LogP contribution in [0.15, 0.2) is 48.5 Å². The van der Waals surface area contributed by atoms with Gasteiger partial charge in [0.25, 0.3) is 0 Å². The van der Waals surface area contributed by atoms with Crippen LogP contribution in [0.1, 0.15) is 25.3 Å². The quantitative estimate of drug-likeness (QED) is 0.582. The standard InChI is InChI=1S/C22H27F2N3O4S/c1-16(22(29)25-2)26(15-17-10-12-18(23)13-11-17)21(28)9-6-14-27(32(3,30)31)20-8-5-4-7-19(20)24/h4-5,7-8,10-13,16H,6,9,14-15H2,1-3H3,(H,25,29)/t16-/m1/s1. The number of para-hydroxylation sites is 1. The van der Waals surface area contributed by atoms with Crippen molar-refractivity contribution >= 4 is 27.5 Å². The van der Waals surface area contributed by atoms with Gasteiger partial charge >= 0.3 is 0 Å². The average molecular weight is 468 g/mol. The zero-order valence-electron chi connectivity index (χ0n) is 18.2. The normalized spacial score (nSPS) is 12.2. The lowest BCUT2D eigenvalue weighted by Crippen LogP contribution is -2.46. The summed E-state index contributed by atoms with van der Waals surface area (Å²) in [4.78, 5) is 26.4. The van der Waals surface area contributed by atoms with E-state index in [1.165, 1.54) is 54.4 Å². The van der Waals surface area contributed by atoms with Gasteiger partial charge in [-0.25, -0.2) is 17.2 Å². The van der Waals surface area contributed by atoms with Gasteiger partial charge in [-0.1, -0.05) is 24.3 Å². The zero-order valence-corrected chi connectivity index (χ0v) is 19.0. The second-order valence-electron chi connectivity index (χ2n) is 7.33. The number of nitrogens with one attached hydrogen (secondary N) is 1. The first-order valence-electron chi connectivity index (χ1n) is 10.0. The fourth-order valence-corrected chi connectivity index (χ4v) is 4.18. The minimum atomic E-state index is -3.78. The van der Waals surface area contributed by atoms with Gasteiger partial charge in [-0.3, -0.25) is 13.9 Å². The molecule has 2 aromatic carbocycles. The molecule has 0 radical (unpaired) electrons. The topological polar surface area (TPSA) is 86.8 Å². The Kier molecular flexibility index (Phi) is 8.71. The highest BCUT2D eigenvalue weighted by Gasteiger charge is 2.26. The summed E-state index contributed by atoms with van der Waals surface area (Å²) < 4.78 is 52.6. The number of carbonyl (C=O) groups is 2. The Balaban J connectivity index is 2.14. The van der Waals surface area contributed by atoms with E-state index in [-0.39, 0.29) is 43.4 Å². The van der Waals surface area contributed by atoms with Gasteiger partial charge in [0.2, 0.25) is 21.8 Å². The number of hydrogen-bond donors (Lipinski definition) is 1. The van der Waals surface area contributed by atoms with Crippen LogP contribution in [0.5, 0.6) is 0 Å². The summed E-state index contributed by atoms with van der Waals surface area (Å²) in [5, 5.41) is 2.49. The van der Waals surface area contributed by atoms with Gasteiger partial charge in [0, 0.05) is 26.6 Å². The summed E-state index contributed by atoms with van der Waals surface area (Å²) in [5.41, 5.74) is 0.545. The molecule has 0 aliphatic heterocycles. The number of benzene rings is 2. The second-order valence-corrected chi connectivity index (χ2v) is 9.24. The number of rotatable bonds is 10. The van der Waals surface area contributed by atoms with E-state index in [4.69, 9.17) is 0 Å². The predicted molar refractivity (Wildman–Crippen MR) is 118 cm³/mol. The first-order valence-corrected chi connectivity index (χ1v) is 11.9. The van der Waals surface area contributed by atoms with E-state index in [1.54, 1.807) is 6.92 Å². The molecular weight excluding hydrogens is 440 g/mol. The van der Waals surface area contributed by atoms with Crippen molar-refractivity contribution in [2.45, 2.75) is 32.4 Å². The summed E-state index contributed by atoms with van der Waals surface area (Å²) in [6.45, 7) is 1.55. The van der Waals surface area contributed by atoms with Crippen molar-refractivity contribution in [2.24, 2.45) is 0 Å². The molecule has 0 saturated carbocycles. The maximum Gasteiger partial charge on any atom is 0.242 e. The lowest BCUT2D eigenvalue weighted by molar-refractivity contribution is -0.140. The van der Waals surface area contributed by atoms with E-state index >= 15 is 0 Å². The molecule has 2 amide bonds. The number of anilines is 1. The summed E-state index contributed by atoms with van der Waals surface area (Å²) in [5.74, 6) is -1.85. The highest BCUT2D eigenvalue weighted by molar-refractivity contribution is 7.92. The van der Waals surface area contributed by atoms with Crippen molar-refractivity contribution < 1.29 is 26.8 Å². The first-order chi connectivity index (χ1) is 15.0. The van der Waals surface area contributed by atoms with Gasteiger partial charge < -0.3 is 10.2 Å². The van der Waals surface area contributed by atoms with Crippen LogP contribution in [0.4, 0.5) is 14.5 Å². The first kappa shape index (κ1) is 25.3. The summed E-state index contributed by atoms with van der Waals surface area (Å²) in [6.07, 6.45) is 1.01. The van der Waals surface area contributed by atoms with Gasteiger partial charge in [0.15, 0.2) is 0 Å². The fraction of sp³-hybridized carbons (Fsp3) is 0.364. The van der Waals surface area contributed by atoms with Crippen LogP contribution in [-0.2, 0) is 26.2 Å². The lowest BCUT2D eigenvalue weighted by atomic mass is 10.1. The van der Waals surface area contributed by atoms with Crippen LogP contribution in [0.2, 0.25) is 0 Å². The molecule has 0 aliphatic rings. The van der Waals surface area contributed by atoms with Gasteiger partial charge in [-0.05, 0) is 43.2 Å². The molecule has 0 bridgehead atoms. The molecule has 0 aromatic heterocycles. The predicted octanol–water partition coefficient (Wildman–Crippen LogP) is 2.67. The van der Waals surface area contributed by atoms with E-state index in [1.807, 2.05) is 0 Å². The Morgan fingerprint density at radius 2 is 1.69 bits per heavy atom. The minimum absolute atomic E-state index is 0.0665. The fourth-order valence-electron chi connectivity index (χ4n) is 3.21. The summed E-state index contributed by atoms with van der Waals surface area (Å²) >= 11 is 0. The Hall–Kier alpha value is -3.01. The molecule has 0 unspecified atom stereocenters. The number of likely N-dealkylation sites (N-methyl/N-ethyl adjacent to an activating group) is 1. The van der Waals surface area contributed by atoms with E-state index in [0.717, 1.165) is 16.6 Å². The number of halogens is 2. The number of nitrogens with zero attached hydrogens (tertiary/aromatic N) is 2. The third kappa shape index (κ3) is 6.74. The van der Waals surface area contributed by atoms with Crippen LogP contribution >= 0.6 is 0 Å². The van der Waals surface area contributed by atoms with Gasteiger partial charge in [0.1, 0.15) is 17.7 Å². The molecule has 0 heterocycles.